The Bertz CT molecular complexity index is 1310. The van der Waals surface area contributed by atoms with Crippen molar-refractivity contribution in [3.63, 3.8) is 0 Å². The number of carbonyl (C=O) groups is 1. The summed E-state index contributed by atoms with van der Waals surface area (Å²) in [6, 6.07) is 9.84. The van der Waals surface area contributed by atoms with Crippen LogP contribution in [-0.2, 0) is 14.8 Å². The number of sulfonamides is 1. The molecule has 0 unspecified atom stereocenters. The molecule has 1 aromatic heterocycles. The number of rotatable bonds is 6. The number of H-pyrrole nitrogens is 1. The van der Waals surface area contributed by atoms with Crippen molar-refractivity contribution < 1.29 is 17.6 Å². The molecule has 0 aliphatic carbocycles. The minimum absolute atomic E-state index is 0.0512. The lowest BCUT2D eigenvalue weighted by Gasteiger charge is -2.26. The average Bonchev–Trinajstić information content (AvgIpc) is 3.16. The molecule has 0 bridgehead atoms. The van der Waals surface area contributed by atoms with Gasteiger partial charge >= 0.3 is 0 Å². The van der Waals surface area contributed by atoms with Crippen LogP contribution >= 0.6 is 0 Å². The number of benzene rings is 2. The molecule has 0 saturated carbocycles. The molecule has 2 aromatic carbocycles. The summed E-state index contributed by atoms with van der Waals surface area (Å²) in [6.45, 7) is 4.74. The molecule has 0 spiro atoms. The zero-order chi connectivity index (χ0) is 22.9. The number of aryl methyl sites for hydroxylation is 2. The zero-order valence-corrected chi connectivity index (χ0v) is 18.9. The van der Waals surface area contributed by atoms with E-state index in [-0.39, 0.29) is 29.6 Å². The highest BCUT2D eigenvalue weighted by molar-refractivity contribution is 7.89. The SMILES string of the molecule is Cc1ccc(S(=O)(=O)NCCC(=O)N2CC=C(c3c[nH]c4cc(F)ccc34)CC2)c(C)c1. The van der Waals surface area contributed by atoms with Gasteiger partial charge in [-0.15, -0.1) is 0 Å². The Balaban J connectivity index is 1.35. The molecule has 0 fully saturated rings. The molecule has 1 aliphatic heterocycles. The predicted octanol–water partition coefficient (Wildman–Crippen LogP) is 3.91. The number of nitrogens with one attached hydrogen (secondary N) is 2. The van der Waals surface area contributed by atoms with Gasteiger partial charge < -0.3 is 9.88 Å². The minimum Gasteiger partial charge on any atom is -0.360 e. The van der Waals surface area contributed by atoms with Crippen LogP contribution in [0.2, 0.25) is 0 Å². The molecule has 2 N–H and O–H groups in total. The fraction of sp³-hybridized carbons (Fsp3) is 0.292. The van der Waals surface area contributed by atoms with Gasteiger partial charge in [0.05, 0.1) is 4.90 Å². The Labute approximate surface area is 187 Å². The summed E-state index contributed by atoms with van der Waals surface area (Å²) in [5.74, 6) is -0.377. The van der Waals surface area contributed by atoms with Crippen LogP contribution in [0.3, 0.4) is 0 Å². The molecule has 168 valence electrons. The van der Waals surface area contributed by atoms with E-state index in [1.807, 2.05) is 25.3 Å². The third kappa shape index (κ3) is 4.61. The zero-order valence-electron chi connectivity index (χ0n) is 18.1. The van der Waals surface area contributed by atoms with Crippen molar-refractivity contribution in [2.75, 3.05) is 19.6 Å². The maximum atomic E-state index is 13.4. The Morgan fingerprint density at radius 3 is 2.72 bits per heavy atom. The number of carbonyl (C=O) groups excluding carboxylic acids is 1. The van der Waals surface area contributed by atoms with Gasteiger partial charge in [0.15, 0.2) is 0 Å². The first-order chi connectivity index (χ1) is 15.2. The van der Waals surface area contributed by atoms with Crippen LogP contribution in [0.5, 0.6) is 0 Å². The van der Waals surface area contributed by atoms with Crippen molar-refractivity contribution in [1.82, 2.24) is 14.6 Å². The van der Waals surface area contributed by atoms with Crippen molar-refractivity contribution in [2.24, 2.45) is 0 Å². The highest BCUT2D eigenvalue weighted by Crippen LogP contribution is 2.29. The van der Waals surface area contributed by atoms with Gasteiger partial charge in [0.2, 0.25) is 15.9 Å². The summed E-state index contributed by atoms with van der Waals surface area (Å²) in [5, 5.41) is 0.957. The van der Waals surface area contributed by atoms with Gasteiger partial charge in [0.25, 0.3) is 0 Å². The molecule has 6 nitrogen and oxygen atoms in total. The molecule has 0 radical (unpaired) electrons. The number of halogens is 1. The monoisotopic (exact) mass is 455 g/mol. The summed E-state index contributed by atoms with van der Waals surface area (Å²) in [4.78, 5) is 17.6. The van der Waals surface area contributed by atoms with Gasteiger partial charge in [0.1, 0.15) is 5.82 Å². The number of fused-ring (bicyclic) bond motifs is 1. The Morgan fingerprint density at radius 2 is 2.00 bits per heavy atom. The van der Waals surface area contributed by atoms with Crippen LogP contribution in [0.1, 0.15) is 29.5 Å². The number of amides is 1. The standard InChI is InChI=1S/C24H26FN3O3S/c1-16-3-6-23(17(2)13-16)32(30,31)27-10-7-24(29)28-11-8-18(9-12-28)21-15-26-22-14-19(25)4-5-20(21)22/h3-6,8,13-15,26-27H,7,9-12H2,1-2H3. The second-order valence-electron chi connectivity index (χ2n) is 8.13. The van der Waals surface area contributed by atoms with Crippen molar-refractivity contribution >= 4 is 32.4 Å². The molecular formula is C24H26FN3O3S. The quantitative estimate of drug-likeness (QED) is 0.591. The molecule has 1 amide bonds. The van der Waals surface area contributed by atoms with Crippen molar-refractivity contribution in [3.05, 3.63) is 71.2 Å². The van der Waals surface area contributed by atoms with Gasteiger partial charge in [-0.25, -0.2) is 17.5 Å². The fourth-order valence-corrected chi connectivity index (χ4v) is 5.39. The van der Waals surface area contributed by atoms with E-state index in [1.54, 1.807) is 30.0 Å². The van der Waals surface area contributed by atoms with Gasteiger partial charge in [-0.2, -0.15) is 0 Å². The normalized spacial score (nSPS) is 14.6. The first-order valence-electron chi connectivity index (χ1n) is 10.6. The second kappa shape index (κ2) is 8.88. The van der Waals surface area contributed by atoms with Gasteiger partial charge in [-0.3, -0.25) is 4.79 Å². The van der Waals surface area contributed by atoms with Crippen LogP contribution in [0.15, 0.2) is 53.6 Å². The van der Waals surface area contributed by atoms with E-state index < -0.39 is 10.0 Å². The maximum Gasteiger partial charge on any atom is 0.240 e. The van der Waals surface area contributed by atoms with Gasteiger partial charge in [-0.05, 0) is 55.7 Å². The molecular weight excluding hydrogens is 429 g/mol. The first-order valence-corrected chi connectivity index (χ1v) is 12.0. The number of hydrogen-bond acceptors (Lipinski definition) is 3. The summed E-state index contributed by atoms with van der Waals surface area (Å²) >= 11 is 0. The van der Waals surface area contributed by atoms with Crippen molar-refractivity contribution in [2.45, 2.75) is 31.6 Å². The number of nitrogens with zero attached hydrogens (tertiary/aromatic N) is 1. The molecule has 32 heavy (non-hydrogen) atoms. The smallest absolute Gasteiger partial charge is 0.240 e. The van der Waals surface area contributed by atoms with Crippen molar-refractivity contribution in [3.8, 4) is 0 Å². The van der Waals surface area contributed by atoms with E-state index in [1.165, 1.54) is 12.1 Å². The van der Waals surface area contributed by atoms with Crippen LogP contribution in [0, 0.1) is 19.7 Å². The summed E-state index contributed by atoms with van der Waals surface area (Å²) in [6.07, 6.45) is 4.66. The third-order valence-electron chi connectivity index (χ3n) is 5.80. The summed E-state index contributed by atoms with van der Waals surface area (Å²) in [7, 11) is -3.66. The Kier molecular flexibility index (Phi) is 6.17. The second-order valence-corrected chi connectivity index (χ2v) is 9.86. The van der Waals surface area contributed by atoms with Crippen LogP contribution in [-0.4, -0.2) is 43.8 Å². The summed E-state index contributed by atoms with van der Waals surface area (Å²) in [5.41, 5.74) is 4.55. The van der Waals surface area contributed by atoms with E-state index >= 15 is 0 Å². The summed E-state index contributed by atoms with van der Waals surface area (Å²) < 4.78 is 41.1. The van der Waals surface area contributed by atoms with E-state index in [0.717, 1.165) is 27.6 Å². The fourth-order valence-electron chi connectivity index (χ4n) is 4.13. The van der Waals surface area contributed by atoms with Crippen LogP contribution in [0.4, 0.5) is 4.39 Å². The molecule has 8 heteroatoms. The van der Waals surface area contributed by atoms with E-state index in [0.29, 0.717) is 25.1 Å². The Hall–Kier alpha value is -2.97. The topological polar surface area (TPSA) is 82.3 Å². The first kappa shape index (κ1) is 22.2. The third-order valence-corrected chi connectivity index (χ3v) is 7.42. The number of aromatic amines is 1. The number of aromatic nitrogens is 1. The molecule has 4 rings (SSSR count). The van der Waals surface area contributed by atoms with E-state index in [2.05, 4.69) is 9.71 Å². The lowest BCUT2D eigenvalue weighted by atomic mass is 9.99. The Morgan fingerprint density at radius 1 is 1.19 bits per heavy atom. The van der Waals surface area contributed by atoms with E-state index in [4.69, 9.17) is 0 Å². The van der Waals surface area contributed by atoms with Crippen LogP contribution < -0.4 is 4.72 Å². The van der Waals surface area contributed by atoms with Gasteiger partial charge in [0, 0.05) is 48.7 Å². The molecule has 3 aromatic rings. The van der Waals surface area contributed by atoms with Crippen LogP contribution in [0.25, 0.3) is 16.5 Å². The average molecular weight is 456 g/mol. The molecule has 2 heterocycles. The lowest BCUT2D eigenvalue weighted by Crippen LogP contribution is -2.37. The molecule has 0 atom stereocenters. The maximum absolute atomic E-state index is 13.4. The number of hydrogen-bond donors (Lipinski definition) is 2. The molecule has 0 saturated heterocycles. The van der Waals surface area contributed by atoms with E-state index in [9.17, 15) is 17.6 Å². The lowest BCUT2D eigenvalue weighted by molar-refractivity contribution is -0.130. The van der Waals surface area contributed by atoms with Gasteiger partial charge in [-0.1, -0.05) is 23.8 Å². The largest absolute Gasteiger partial charge is 0.360 e. The highest BCUT2D eigenvalue weighted by atomic mass is 32.2. The predicted molar refractivity (Wildman–Crippen MR) is 123 cm³/mol. The highest BCUT2D eigenvalue weighted by Gasteiger charge is 2.21. The minimum atomic E-state index is -3.66. The van der Waals surface area contributed by atoms with Crippen molar-refractivity contribution in [1.29, 1.82) is 0 Å². The molecule has 1 aliphatic rings.